The fourth-order valence-electron chi connectivity index (χ4n) is 9.90. The standard InChI is InChI=1S/C49H31N/c1-2-12-35-34(11-1)47(38-25-21-32-17-15-28-7-5-9-30-19-23-36(38)45(32)43(28)30)41-27-50-42-14-4-3-13-40(42)49(41)48(35)39-26-22-33-18-16-29-8-6-10-31-20-24-37(39)46(33)44(29)31/h1-8,11-22,25-27H,9-10,23-24H2. The van der Waals surface area contributed by atoms with E-state index in [1.165, 1.54) is 115 Å². The maximum atomic E-state index is 5.15. The quantitative estimate of drug-likeness (QED) is 0.136. The molecule has 1 heteroatoms. The minimum absolute atomic E-state index is 0.938. The first kappa shape index (κ1) is 26.9. The summed E-state index contributed by atoms with van der Waals surface area (Å²) in [4.78, 5) is 5.15. The number of aromatic nitrogens is 1. The van der Waals surface area contributed by atoms with E-state index in [0.29, 0.717) is 0 Å². The topological polar surface area (TPSA) is 12.9 Å². The van der Waals surface area contributed by atoms with Gasteiger partial charge in [-0.1, -0.05) is 127 Å². The SMILES string of the molecule is C1=Cc2ccc3ccc(-c4c5ccccc5c(-c5ccc6ccc7c8c6c5CC=C8CC=C7)c5c4cnc4ccccc45)c4c3c2C(=CC4)C1. The van der Waals surface area contributed by atoms with Crippen molar-refractivity contribution in [3.8, 4) is 22.3 Å². The van der Waals surface area contributed by atoms with Crippen LogP contribution in [0, 0.1) is 0 Å². The molecule has 0 saturated heterocycles. The van der Waals surface area contributed by atoms with Crippen molar-refractivity contribution in [3.05, 3.63) is 161 Å². The molecule has 0 aliphatic heterocycles. The van der Waals surface area contributed by atoms with E-state index in [9.17, 15) is 0 Å². The summed E-state index contributed by atoms with van der Waals surface area (Å²) >= 11 is 0. The van der Waals surface area contributed by atoms with E-state index in [0.717, 1.165) is 31.2 Å². The van der Waals surface area contributed by atoms with Gasteiger partial charge in [0.2, 0.25) is 0 Å². The molecule has 232 valence electrons. The molecule has 0 radical (unpaired) electrons. The molecular formula is C49H31N. The molecule has 0 N–H and O–H groups in total. The highest BCUT2D eigenvalue weighted by molar-refractivity contribution is 6.28. The summed E-state index contributed by atoms with van der Waals surface area (Å²) < 4.78 is 0. The normalized spacial score (nSPS) is 15.4. The van der Waals surface area contributed by atoms with Crippen molar-refractivity contribution in [1.82, 2.24) is 4.98 Å². The molecule has 1 nitrogen and oxygen atoms in total. The van der Waals surface area contributed by atoms with Gasteiger partial charge in [-0.25, -0.2) is 0 Å². The fraction of sp³-hybridized carbons (Fsp3) is 0.0816. The van der Waals surface area contributed by atoms with Gasteiger partial charge in [0.15, 0.2) is 0 Å². The highest BCUT2D eigenvalue weighted by atomic mass is 14.7. The third-order valence-electron chi connectivity index (χ3n) is 12.0. The van der Waals surface area contributed by atoms with Crippen LogP contribution in [0.25, 0.3) is 99.5 Å². The first-order valence-electron chi connectivity index (χ1n) is 17.9. The van der Waals surface area contributed by atoms with Crippen LogP contribution in [0.1, 0.15) is 46.2 Å². The lowest BCUT2D eigenvalue weighted by molar-refractivity contribution is 1.23. The Kier molecular flexibility index (Phi) is 5.25. The molecule has 8 aromatic rings. The number of fused-ring (bicyclic) bond motifs is 4. The van der Waals surface area contributed by atoms with Gasteiger partial charge in [-0.15, -0.1) is 0 Å². The van der Waals surface area contributed by atoms with Gasteiger partial charge in [-0.05, 0) is 131 Å². The highest BCUT2D eigenvalue weighted by Crippen LogP contribution is 2.52. The van der Waals surface area contributed by atoms with Crippen LogP contribution in [-0.4, -0.2) is 4.98 Å². The third-order valence-corrected chi connectivity index (χ3v) is 12.0. The van der Waals surface area contributed by atoms with Gasteiger partial charge in [0.1, 0.15) is 0 Å². The van der Waals surface area contributed by atoms with Crippen molar-refractivity contribution >= 4 is 77.3 Å². The van der Waals surface area contributed by atoms with E-state index in [-0.39, 0.29) is 0 Å². The Labute approximate surface area is 290 Å². The molecule has 0 amide bonds. The number of rotatable bonds is 2. The van der Waals surface area contributed by atoms with Crippen LogP contribution < -0.4 is 0 Å². The van der Waals surface area contributed by atoms with Crippen molar-refractivity contribution in [2.75, 3.05) is 0 Å². The third kappa shape index (κ3) is 3.44. The van der Waals surface area contributed by atoms with Gasteiger partial charge in [-0.3, -0.25) is 4.98 Å². The van der Waals surface area contributed by atoms with E-state index in [1.54, 1.807) is 0 Å². The van der Waals surface area contributed by atoms with Gasteiger partial charge in [-0.2, -0.15) is 0 Å². The van der Waals surface area contributed by atoms with Gasteiger partial charge in [0.25, 0.3) is 0 Å². The van der Waals surface area contributed by atoms with Crippen LogP contribution in [0.4, 0.5) is 0 Å². The number of allylic oxidation sites excluding steroid dienone is 6. The lowest BCUT2D eigenvalue weighted by Gasteiger charge is -2.28. The van der Waals surface area contributed by atoms with Crippen molar-refractivity contribution in [3.63, 3.8) is 0 Å². The Bertz CT molecular complexity index is 3020. The van der Waals surface area contributed by atoms with E-state index in [4.69, 9.17) is 4.98 Å². The summed E-state index contributed by atoms with van der Waals surface area (Å²) in [7, 11) is 0. The average Bonchev–Trinajstić information content (AvgIpc) is 3.18. The maximum Gasteiger partial charge on any atom is 0.0708 e. The minimum atomic E-state index is 0.938. The molecule has 0 unspecified atom stereocenters. The predicted octanol–water partition coefficient (Wildman–Crippen LogP) is 12.9. The van der Waals surface area contributed by atoms with Crippen LogP contribution in [0.3, 0.4) is 0 Å². The summed E-state index contributed by atoms with van der Waals surface area (Å²) in [5.41, 5.74) is 17.7. The zero-order valence-electron chi connectivity index (χ0n) is 27.6. The number of pyridine rings is 1. The monoisotopic (exact) mass is 633 g/mol. The fourth-order valence-corrected chi connectivity index (χ4v) is 9.90. The number of hydrogen-bond donors (Lipinski definition) is 0. The van der Waals surface area contributed by atoms with Crippen molar-refractivity contribution < 1.29 is 0 Å². The molecule has 4 aliphatic rings. The molecule has 1 heterocycles. The van der Waals surface area contributed by atoms with Crippen molar-refractivity contribution in [1.29, 1.82) is 0 Å². The zero-order chi connectivity index (χ0) is 32.5. The van der Waals surface area contributed by atoms with Gasteiger partial charge in [0.05, 0.1) is 5.52 Å². The largest absolute Gasteiger partial charge is 0.256 e. The summed E-state index contributed by atoms with van der Waals surface area (Å²) in [5.74, 6) is 0. The molecule has 1 aromatic heterocycles. The van der Waals surface area contributed by atoms with Crippen LogP contribution in [0.2, 0.25) is 0 Å². The summed E-state index contributed by atoms with van der Waals surface area (Å²) in [6.07, 6.45) is 20.3. The molecule has 4 aliphatic carbocycles. The van der Waals surface area contributed by atoms with Crippen LogP contribution in [-0.2, 0) is 12.8 Å². The van der Waals surface area contributed by atoms with Gasteiger partial charge < -0.3 is 0 Å². The van der Waals surface area contributed by atoms with Crippen LogP contribution >= 0.6 is 0 Å². The molecule has 0 spiro atoms. The second-order valence-corrected chi connectivity index (χ2v) is 14.4. The Hall–Kier alpha value is -6.05. The zero-order valence-corrected chi connectivity index (χ0v) is 27.6. The molecule has 0 atom stereocenters. The first-order chi connectivity index (χ1) is 24.8. The molecule has 50 heavy (non-hydrogen) atoms. The Balaban J connectivity index is 1.26. The second-order valence-electron chi connectivity index (χ2n) is 14.4. The molecular weight excluding hydrogens is 603 g/mol. The maximum absolute atomic E-state index is 5.15. The van der Waals surface area contributed by atoms with Crippen molar-refractivity contribution in [2.45, 2.75) is 25.7 Å². The second kappa shape index (κ2) is 9.77. The average molecular weight is 634 g/mol. The summed E-state index contributed by atoms with van der Waals surface area (Å²) in [6, 6.07) is 36.7. The Morgan fingerprint density at radius 2 is 0.960 bits per heavy atom. The van der Waals surface area contributed by atoms with Crippen molar-refractivity contribution in [2.24, 2.45) is 0 Å². The van der Waals surface area contributed by atoms with E-state index < -0.39 is 0 Å². The number of nitrogens with zero attached hydrogens (tertiary/aromatic N) is 1. The number of benzene rings is 7. The Morgan fingerprint density at radius 3 is 1.60 bits per heavy atom. The van der Waals surface area contributed by atoms with Crippen LogP contribution in [0.15, 0.2) is 128 Å². The molecule has 0 bridgehead atoms. The van der Waals surface area contributed by atoms with E-state index in [2.05, 4.69) is 140 Å². The molecule has 0 fully saturated rings. The summed E-state index contributed by atoms with van der Waals surface area (Å²) in [5, 5.41) is 11.9. The smallest absolute Gasteiger partial charge is 0.0708 e. The molecule has 12 rings (SSSR count). The number of hydrogen-bond acceptors (Lipinski definition) is 1. The highest BCUT2D eigenvalue weighted by Gasteiger charge is 2.28. The number of para-hydroxylation sites is 1. The minimum Gasteiger partial charge on any atom is -0.256 e. The molecule has 7 aromatic carbocycles. The first-order valence-corrected chi connectivity index (χ1v) is 17.9. The lowest BCUT2D eigenvalue weighted by Crippen LogP contribution is -2.06. The Morgan fingerprint density at radius 1 is 0.420 bits per heavy atom. The lowest BCUT2D eigenvalue weighted by atomic mass is 9.76. The predicted molar refractivity (Wildman–Crippen MR) is 213 cm³/mol. The van der Waals surface area contributed by atoms with E-state index in [1.807, 2.05) is 0 Å². The molecule has 0 saturated carbocycles. The van der Waals surface area contributed by atoms with Crippen LogP contribution in [0.5, 0.6) is 0 Å². The van der Waals surface area contributed by atoms with Gasteiger partial charge in [0, 0.05) is 22.4 Å². The summed E-state index contributed by atoms with van der Waals surface area (Å²) in [6.45, 7) is 0. The van der Waals surface area contributed by atoms with E-state index >= 15 is 0 Å². The van der Waals surface area contributed by atoms with Gasteiger partial charge >= 0.3 is 0 Å².